The van der Waals surface area contributed by atoms with Crippen LogP contribution < -0.4 is 5.32 Å². The molecule has 4 rings (SSSR count). The molecule has 0 fully saturated rings. The lowest BCUT2D eigenvalue weighted by Gasteiger charge is -2.44. The Morgan fingerprint density at radius 3 is 2.55 bits per heavy atom. The van der Waals surface area contributed by atoms with Crippen molar-refractivity contribution in [3.8, 4) is 0 Å². The highest BCUT2D eigenvalue weighted by molar-refractivity contribution is 9.12. The van der Waals surface area contributed by atoms with Crippen LogP contribution in [0.4, 0.5) is 0 Å². The summed E-state index contributed by atoms with van der Waals surface area (Å²) in [4.78, 5) is 17.2. The van der Waals surface area contributed by atoms with Gasteiger partial charge in [-0.1, -0.05) is 125 Å². The zero-order valence-electron chi connectivity index (χ0n) is 24.2. The highest BCUT2D eigenvalue weighted by atomic mass is 79.9. The van der Waals surface area contributed by atoms with Crippen molar-refractivity contribution in [2.75, 3.05) is 19.6 Å². The molecule has 0 heterocycles. The smallest absolute Gasteiger partial charge is 0.125 e. The highest BCUT2D eigenvalue weighted by Crippen LogP contribution is 2.49. The van der Waals surface area contributed by atoms with Crippen molar-refractivity contribution in [3.05, 3.63) is 97.4 Å². The van der Waals surface area contributed by atoms with Gasteiger partial charge in [0.15, 0.2) is 0 Å². The van der Waals surface area contributed by atoms with Gasteiger partial charge >= 0.3 is 0 Å². The maximum atomic E-state index is 12.5. The second kappa shape index (κ2) is 13.8. The van der Waals surface area contributed by atoms with Gasteiger partial charge in [-0.2, -0.15) is 4.91 Å². The molecule has 0 aliphatic heterocycles. The minimum Gasteiger partial charge on any atom is -0.314 e. The predicted octanol–water partition coefficient (Wildman–Crippen LogP) is 9.30. The second-order valence-electron chi connectivity index (χ2n) is 12.4. The molecule has 4 nitrogen and oxygen atoms in total. The quantitative estimate of drug-likeness (QED) is 0.136. The fourth-order valence-corrected chi connectivity index (χ4v) is 7.82. The third-order valence-corrected chi connectivity index (χ3v) is 9.97. The standard InChI is InChI=1S/C34H43Br2N3O/c1-33(2,26-11-7-5-8-12-26)28-19-25(23-38-16-15-37-22-24-17-29(35)21-30(36)18-24)32(39-40)31(20-28)34(3,4)27-13-9-6-10-14-27/h6-7,9-13,17,19-21,23-24,27,31-32,37H,5,8,14-16,18,22H2,1-4H3. The minimum atomic E-state index is -0.463. The molecule has 0 aromatic heterocycles. The van der Waals surface area contributed by atoms with Crippen molar-refractivity contribution in [1.29, 1.82) is 0 Å². The van der Waals surface area contributed by atoms with Crippen molar-refractivity contribution in [2.24, 2.45) is 38.8 Å². The minimum absolute atomic E-state index is 0.0267. The third kappa shape index (κ3) is 7.49. The summed E-state index contributed by atoms with van der Waals surface area (Å²) in [6, 6.07) is -0.463. The molecule has 1 N–H and O–H groups in total. The molecule has 0 aromatic carbocycles. The van der Waals surface area contributed by atoms with Gasteiger partial charge in [0.25, 0.3) is 0 Å². The number of hydrogen-bond acceptors (Lipinski definition) is 4. The summed E-state index contributed by atoms with van der Waals surface area (Å²) in [6.45, 7) is 11.5. The normalized spacial score (nSPS) is 27.2. The molecule has 0 bridgehead atoms. The van der Waals surface area contributed by atoms with Crippen LogP contribution >= 0.6 is 31.9 Å². The average molecular weight is 670 g/mol. The average Bonchev–Trinajstić information content (AvgIpc) is 2.94. The van der Waals surface area contributed by atoms with Gasteiger partial charge in [0.1, 0.15) is 6.04 Å². The summed E-state index contributed by atoms with van der Waals surface area (Å²) in [5.41, 5.74) is 3.17. The number of aliphatic imine (C=N–C) groups is 1. The lowest BCUT2D eigenvalue weighted by atomic mass is 9.60. The van der Waals surface area contributed by atoms with Crippen molar-refractivity contribution in [1.82, 2.24) is 5.32 Å². The molecule has 4 unspecified atom stereocenters. The lowest BCUT2D eigenvalue weighted by molar-refractivity contribution is 0.164. The molecule has 40 heavy (non-hydrogen) atoms. The summed E-state index contributed by atoms with van der Waals surface area (Å²) in [6.07, 6.45) is 30.6. The number of hydrogen-bond donors (Lipinski definition) is 1. The number of nitroso groups, excluding NO2 is 1. The molecule has 0 radical (unpaired) electrons. The molecule has 4 atom stereocenters. The first-order valence-corrected chi connectivity index (χ1v) is 16.1. The fraction of sp³-hybridized carbons (Fsp3) is 0.500. The summed E-state index contributed by atoms with van der Waals surface area (Å²) in [5.74, 6) is 0.763. The molecule has 6 heteroatoms. The SMILES string of the molecule is CC(C)(C1=CCCC=C1)C1=CC(C(C)(C)C2C=CC=CC2)C(N=O)C(C=NCCNCC2C=C(Br)C=C(Br)C2)=C1. The molecule has 0 aromatic rings. The Morgan fingerprint density at radius 1 is 1.05 bits per heavy atom. The second-order valence-corrected chi connectivity index (χ2v) is 14.4. The molecule has 4 aliphatic carbocycles. The van der Waals surface area contributed by atoms with Crippen LogP contribution in [0.15, 0.2) is 103 Å². The van der Waals surface area contributed by atoms with Crippen LogP contribution in [0.25, 0.3) is 0 Å². The van der Waals surface area contributed by atoms with Gasteiger partial charge in [0, 0.05) is 35.1 Å². The molecule has 0 saturated carbocycles. The van der Waals surface area contributed by atoms with Crippen LogP contribution in [0.1, 0.15) is 53.4 Å². The first-order chi connectivity index (χ1) is 19.1. The van der Waals surface area contributed by atoms with Gasteiger partial charge in [-0.3, -0.25) is 4.99 Å². The molecular formula is C34H43Br2N3O. The summed E-state index contributed by atoms with van der Waals surface area (Å²) < 4.78 is 2.34. The first kappa shape index (κ1) is 31.1. The van der Waals surface area contributed by atoms with Crippen molar-refractivity contribution in [3.63, 3.8) is 0 Å². The number of halogens is 2. The van der Waals surface area contributed by atoms with Gasteiger partial charge in [-0.25, -0.2) is 0 Å². The lowest BCUT2D eigenvalue weighted by Crippen LogP contribution is -2.41. The zero-order chi connectivity index (χ0) is 28.8. The number of rotatable bonds is 11. The molecule has 214 valence electrons. The van der Waals surface area contributed by atoms with E-state index in [-0.39, 0.29) is 16.7 Å². The van der Waals surface area contributed by atoms with E-state index in [1.54, 1.807) is 0 Å². The zero-order valence-corrected chi connectivity index (χ0v) is 27.4. The Bertz CT molecular complexity index is 1230. The van der Waals surface area contributed by atoms with E-state index in [2.05, 4.69) is 137 Å². The van der Waals surface area contributed by atoms with E-state index in [1.807, 2.05) is 6.21 Å². The van der Waals surface area contributed by atoms with E-state index in [9.17, 15) is 4.91 Å². The van der Waals surface area contributed by atoms with E-state index < -0.39 is 6.04 Å². The van der Waals surface area contributed by atoms with Crippen LogP contribution in [-0.4, -0.2) is 31.9 Å². The van der Waals surface area contributed by atoms with E-state index >= 15 is 0 Å². The highest BCUT2D eigenvalue weighted by Gasteiger charge is 2.44. The van der Waals surface area contributed by atoms with Gasteiger partial charge in [-0.15, -0.1) is 0 Å². The summed E-state index contributed by atoms with van der Waals surface area (Å²) >= 11 is 7.22. The maximum Gasteiger partial charge on any atom is 0.125 e. The first-order valence-electron chi connectivity index (χ1n) is 14.5. The van der Waals surface area contributed by atoms with E-state index in [4.69, 9.17) is 4.99 Å². The Kier molecular flexibility index (Phi) is 10.8. The topological polar surface area (TPSA) is 53.8 Å². The molecule has 0 saturated heterocycles. The van der Waals surface area contributed by atoms with Crippen LogP contribution in [0, 0.1) is 33.5 Å². The van der Waals surface area contributed by atoms with Gasteiger partial charge in [-0.05, 0) is 70.2 Å². The Labute approximate surface area is 257 Å². The summed E-state index contributed by atoms with van der Waals surface area (Å²) in [7, 11) is 0. The molecule has 0 spiro atoms. The number of allylic oxidation sites excluding steroid dienone is 13. The molecule has 0 amide bonds. The largest absolute Gasteiger partial charge is 0.314 e. The van der Waals surface area contributed by atoms with Crippen molar-refractivity contribution < 1.29 is 0 Å². The Balaban J connectivity index is 1.53. The van der Waals surface area contributed by atoms with Crippen LogP contribution in [-0.2, 0) is 0 Å². The van der Waals surface area contributed by atoms with Gasteiger partial charge in [0.05, 0.1) is 6.54 Å². The Hall–Kier alpha value is -1.89. The van der Waals surface area contributed by atoms with Crippen LogP contribution in [0.5, 0.6) is 0 Å². The monoisotopic (exact) mass is 667 g/mol. The van der Waals surface area contributed by atoms with E-state index in [1.165, 1.54) is 15.6 Å². The molecular weight excluding hydrogens is 626 g/mol. The van der Waals surface area contributed by atoms with Crippen molar-refractivity contribution in [2.45, 2.75) is 59.4 Å². The number of nitrogens with one attached hydrogen (secondary N) is 1. The fourth-order valence-electron chi connectivity index (χ4n) is 6.20. The van der Waals surface area contributed by atoms with Gasteiger partial charge < -0.3 is 5.32 Å². The van der Waals surface area contributed by atoms with Crippen molar-refractivity contribution >= 4 is 38.1 Å². The van der Waals surface area contributed by atoms with E-state index in [0.717, 1.165) is 48.8 Å². The third-order valence-electron chi connectivity index (χ3n) is 8.92. The maximum absolute atomic E-state index is 12.5. The molecule has 4 aliphatic rings. The van der Waals surface area contributed by atoms with Crippen LogP contribution in [0.3, 0.4) is 0 Å². The van der Waals surface area contributed by atoms with E-state index in [0.29, 0.717) is 18.4 Å². The number of nitrogens with zero attached hydrogens (tertiary/aromatic N) is 2. The summed E-state index contributed by atoms with van der Waals surface area (Å²) in [5, 5.41) is 7.27. The Morgan fingerprint density at radius 2 is 1.88 bits per heavy atom. The van der Waals surface area contributed by atoms with Crippen LogP contribution in [0.2, 0.25) is 0 Å². The van der Waals surface area contributed by atoms with Gasteiger partial charge in [0.2, 0.25) is 0 Å². The predicted molar refractivity (Wildman–Crippen MR) is 178 cm³/mol.